The molecule has 0 spiro atoms. The lowest BCUT2D eigenvalue weighted by atomic mass is 9.93. The van der Waals surface area contributed by atoms with Crippen molar-refractivity contribution in [3.63, 3.8) is 0 Å². The highest BCUT2D eigenvalue weighted by Crippen LogP contribution is 2.40. The maximum Gasteiger partial charge on any atom is 0.307 e. The first kappa shape index (κ1) is 28.0. The predicted molar refractivity (Wildman–Crippen MR) is 137 cm³/mol. The van der Waals surface area contributed by atoms with Crippen LogP contribution in [-0.4, -0.2) is 62.2 Å². The monoisotopic (exact) mass is 536 g/mol. The average Bonchev–Trinajstić information content (AvgIpc) is 3.60. The minimum Gasteiger partial charge on any atom is -0.469 e. The predicted octanol–water partition coefficient (Wildman–Crippen LogP) is 3.86. The van der Waals surface area contributed by atoms with Crippen LogP contribution in [0.2, 0.25) is 0 Å². The Labute approximate surface area is 220 Å². The number of carbonyl (C=O) groups is 3. The van der Waals surface area contributed by atoms with Crippen LogP contribution in [-0.2, 0) is 25.7 Å². The maximum absolute atomic E-state index is 14.8. The van der Waals surface area contributed by atoms with E-state index in [-0.39, 0.29) is 52.7 Å². The van der Waals surface area contributed by atoms with Crippen molar-refractivity contribution in [2.75, 3.05) is 20.2 Å². The summed E-state index contributed by atoms with van der Waals surface area (Å²) in [5.74, 6) is -0.709. The summed E-state index contributed by atoms with van der Waals surface area (Å²) in [6.45, 7) is 2.82. The van der Waals surface area contributed by atoms with Gasteiger partial charge in [-0.2, -0.15) is 0 Å². The number of esters is 1. The lowest BCUT2D eigenvalue weighted by Gasteiger charge is -2.38. The summed E-state index contributed by atoms with van der Waals surface area (Å²) in [7, 11) is 1.33. The minimum atomic E-state index is -0.669. The Hall–Kier alpha value is -2.56. The Morgan fingerprint density at radius 1 is 1.25 bits per heavy atom. The van der Waals surface area contributed by atoms with E-state index in [2.05, 4.69) is 10.3 Å². The third-order valence-corrected chi connectivity index (χ3v) is 7.49. The lowest BCUT2D eigenvalue weighted by Crippen LogP contribution is -2.43. The fraction of sp³-hybridized carbons (Fsp3) is 0.480. The molecule has 1 aromatic heterocycles. The average molecular weight is 537 g/mol. The van der Waals surface area contributed by atoms with Crippen LogP contribution in [0.3, 0.4) is 0 Å². The van der Waals surface area contributed by atoms with Crippen molar-refractivity contribution in [1.82, 2.24) is 19.9 Å². The van der Waals surface area contributed by atoms with Gasteiger partial charge in [-0.25, -0.2) is 9.07 Å². The minimum absolute atomic E-state index is 0. The Morgan fingerprint density at radius 2 is 2.00 bits per heavy atom. The van der Waals surface area contributed by atoms with E-state index in [0.717, 1.165) is 18.4 Å². The second-order valence-electron chi connectivity index (χ2n) is 8.89. The summed E-state index contributed by atoms with van der Waals surface area (Å²) in [6.07, 6.45) is 6.00. The molecule has 2 aromatic rings. The number of hydrogen-bond acceptors (Lipinski definition) is 8. The van der Waals surface area contributed by atoms with Crippen molar-refractivity contribution in [2.24, 2.45) is 5.92 Å². The number of benzene rings is 1. The topological polar surface area (TPSA) is 94.4 Å². The number of aromatic nitrogens is 3. The number of thioether (sulfide) groups is 1. The van der Waals surface area contributed by atoms with E-state index in [1.807, 2.05) is 11.0 Å². The summed E-state index contributed by atoms with van der Waals surface area (Å²) in [5.41, 5.74) is 2.02. The van der Waals surface area contributed by atoms with Crippen molar-refractivity contribution >= 4 is 47.1 Å². The molecule has 2 unspecified atom stereocenters. The van der Waals surface area contributed by atoms with E-state index < -0.39 is 6.04 Å². The fourth-order valence-electron chi connectivity index (χ4n) is 4.44. The number of rotatable bonds is 9. The fourth-order valence-corrected chi connectivity index (χ4v) is 5.35. The van der Waals surface area contributed by atoms with Gasteiger partial charge in [0.2, 0.25) is 0 Å². The third-order valence-electron chi connectivity index (χ3n) is 6.34. The molecule has 0 amide bonds. The van der Waals surface area contributed by atoms with Crippen molar-refractivity contribution in [2.45, 2.75) is 50.4 Å². The molecule has 2 atom stereocenters. The molecule has 8 nitrogen and oxygen atoms in total. The SMILES string of the molecule is COC(=O)CCn1nncc1/C=C1\CN(C(C(=O)C2CC2)c2ccccc2F)CCC1SC(C)=O.Cl. The number of likely N-dealkylation sites (tertiary alicyclic amines) is 1. The number of aryl methyl sites for hydroxylation is 1. The number of halogens is 2. The normalized spacial score (nSPS) is 20.0. The molecule has 1 saturated heterocycles. The molecule has 1 aliphatic heterocycles. The highest BCUT2D eigenvalue weighted by Gasteiger charge is 2.41. The van der Waals surface area contributed by atoms with Gasteiger partial charge in [0.15, 0.2) is 10.9 Å². The largest absolute Gasteiger partial charge is 0.469 e. The van der Waals surface area contributed by atoms with Crippen LogP contribution in [0.5, 0.6) is 0 Å². The quantitative estimate of drug-likeness (QED) is 0.446. The standard InChI is InChI=1S/C25H29FN4O4S.ClH/c1-16(31)35-22-9-11-29(24(25(33)17-7-8-17)20-5-3-4-6-21(20)26)15-18(22)13-19-14-27-28-30(19)12-10-23(32)34-2;/h3-6,13-14,17,22,24H,7-12,15H2,1-2H3;1H/b18-13+;. The van der Waals surface area contributed by atoms with Crippen molar-refractivity contribution in [3.8, 4) is 0 Å². The molecule has 0 radical (unpaired) electrons. The number of nitrogens with zero attached hydrogens (tertiary/aromatic N) is 4. The zero-order chi connectivity index (χ0) is 24.9. The van der Waals surface area contributed by atoms with Crippen molar-refractivity contribution < 1.29 is 23.5 Å². The summed E-state index contributed by atoms with van der Waals surface area (Å²) in [6, 6.07) is 5.79. The highest BCUT2D eigenvalue weighted by atomic mass is 35.5. The van der Waals surface area contributed by atoms with Crippen LogP contribution < -0.4 is 0 Å². The molecule has 1 aliphatic carbocycles. The van der Waals surface area contributed by atoms with Crippen molar-refractivity contribution in [3.05, 3.63) is 53.1 Å². The lowest BCUT2D eigenvalue weighted by molar-refractivity contribution is -0.140. The van der Waals surface area contributed by atoms with Crippen LogP contribution in [0.4, 0.5) is 4.39 Å². The molecular formula is C25H30ClFN4O4S. The van der Waals surface area contributed by atoms with Gasteiger partial charge in [-0.3, -0.25) is 19.3 Å². The number of ketones is 1. The van der Waals surface area contributed by atoms with Gasteiger partial charge in [0.25, 0.3) is 0 Å². The van der Waals surface area contributed by atoms with Gasteiger partial charge in [-0.1, -0.05) is 35.2 Å². The number of carbonyl (C=O) groups excluding carboxylic acids is 3. The molecule has 2 heterocycles. The molecule has 2 aliphatic rings. The Kier molecular flexibility index (Phi) is 9.81. The highest BCUT2D eigenvalue weighted by molar-refractivity contribution is 8.14. The smallest absolute Gasteiger partial charge is 0.307 e. The third kappa shape index (κ3) is 6.80. The maximum atomic E-state index is 14.8. The van der Waals surface area contributed by atoms with Gasteiger partial charge in [0, 0.05) is 36.7 Å². The van der Waals surface area contributed by atoms with Crippen molar-refractivity contribution in [1.29, 1.82) is 0 Å². The summed E-state index contributed by atoms with van der Waals surface area (Å²) in [5, 5.41) is 7.97. The van der Waals surface area contributed by atoms with Gasteiger partial charge in [0.1, 0.15) is 5.82 Å². The number of methoxy groups -OCH3 is 1. The first-order valence-corrected chi connectivity index (χ1v) is 12.6. The molecule has 2 fully saturated rings. The second-order valence-corrected chi connectivity index (χ2v) is 10.3. The van der Waals surface area contributed by atoms with Crippen LogP contribution in [0.1, 0.15) is 49.9 Å². The molecule has 1 saturated carbocycles. The zero-order valence-electron chi connectivity index (χ0n) is 20.3. The Balaban J connectivity index is 0.00000361. The van der Waals surface area contributed by atoms with Gasteiger partial charge >= 0.3 is 5.97 Å². The van der Waals surface area contributed by atoms with Gasteiger partial charge in [-0.05, 0) is 37.0 Å². The molecule has 0 bridgehead atoms. The van der Waals surface area contributed by atoms with E-state index >= 15 is 0 Å². The van der Waals surface area contributed by atoms with Crippen LogP contribution >= 0.6 is 24.2 Å². The van der Waals surface area contributed by atoms with E-state index in [0.29, 0.717) is 37.3 Å². The van der Waals surface area contributed by atoms with Gasteiger partial charge in [-0.15, -0.1) is 17.5 Å². The van der Waals surface area contributed by atoms with Crippen LogP contribution in [0, 0.1) is 11.7 Å². The Morgan fingerprint density at radius 3 is 2.67 bits per heavy atom. The van der Waals surface area contributed by atoms with E-state index in [4.69, 9.17) is 4.74 Å². The number of Topliss-reactive ketones (excluding diaryl/α,β-unsaturated/α-hetero) is 1. The number of piperidine rings is 1. The van der Waals surface area contributed by atoms with Gasteiger partial charge < -0.3 is 4.74 Å². The van der Waals surface area contributed by atoms with Crippen LogP contribution in [0.25, 0.3) is 6.08 Å². The van der Waals surface area contributed by atoms with Crippen LogP contribution in [0.15, 0.2) is 36.0 Å². The zero-order valence-corrected chi connectivity index (χ0v) is 21.9. The first-order valence-electron chi connectivity index (χ1n) is 11.7. The van der Waals surface area contributed by atoms with E-state index in [1.165, 1.54) is 31.9 Å². The summed E-state index contributed by atoms with van der Waals surface area (Å²) in [4.78, 5) is 38.9. The molecule has 194 valence electrons. The second kappa shape index (κ2) is 12.6. The molecule has 11 heteroatoms. The molecule has 4 rings (SSSR count). The van der Waals surface area contributed by atoms with Gasteiger partial charge in [0.05, 0.1) is 38.0 Å². The molecule has 0 N–H and O–H groups in total. The molecule has 36 heavy (non-hydrogen) atoms. The Bertz CT molecular complexity index is 1140. The number of ether oxygens (including phenoxy) is 1. The number of hydrogen-bond donors (Lipinski definition) is 0. The van der Waals surface area contributed by atoms with E-state index in [1.54, 1.807) is 29.1 Å². The molecular weight excluding hydrogens is 507 g/mol. The summed E-state index contributed by atoms with van der Waals surface area (Å²) < 4.78 is 21.1. The molecule has 1 aromatic carbocycles. The first-order chi connectivity index (χ1) is 16.9. The summed E-state index contributed by atoms with van der Waals surface area (Å²) >= 11 is 1.26. The van der Waals surface area contributed by atoms with E-state index in [9.17, 15) is 18.8 Å².